The highest BCUT2D eigenvalue weighted by atomic mass is 19.2. The highest BCUT2D eigenvalue weighted by Crippen LogP contribution is 2.41. The lowest BCUT2D eigenvalue weighted by Crippen LogP contribution is -2.21. The molecule has 1 saturated carbocycles. The number of hydrogen-bond donors (Lipinski definition) is 0. The number of rotatable bonds is 4. The summed E-state index contributed by atoms with van der Waals surface area (Å²) in [6.45, 7) is 8.09. The zero-order valence-corrected chi connectivity index (χ0v) is 24.2. The van der Waals surface area contributed by atoms with E-state index in [1.165, 1.54) is 25.7 Å². The first-order valence-electron chi connectivity index (χ1n) is 14.6. The molecule has 3 nitrogen and oxygen atoms in total. The molecule has 0 N–H and O–H groups in total. The standard InChI is InChI=1S/C19H26F2O2.C15H12F2O.H2/c1-12-3-6-14(7-4-12)9-10-22-16-11-15-8-5-13(2)23-19(15)18(21)17(16)20;1-8-3-5-10-11-6-4-9(2)14(17)15(11)18-7-12(10)13(8)16;/h11-14H,3-10H2,1-2H3;3-6H,7H2,1-2H3;1H. The van der Waals surface area contributed by atoms with Crippen LogP contribution in [0.15, 0.2) is 30.3 Å². The van der Waals surface area contributed by atoms with Gasteiger partial charge >= 0.3 is 0 Å². The summed E-state index contributed by atoms with van der Waals surface area (Å²) in [6.07, 6.45) is 7.33. The van der Waals surface area contributed by atoms with E-state index in [9.17, 15) is 17.6 Å². The molecule has 1 fully saturated rings. The average Bonchev–Trinajstić information content (AvgIpc) is 2.97. The summed E-state index contributed by atoms with van der Waals surface area (Å²) in [6, 6.07) is 8.61. The van der Waals surface area contributed by atoms with E-state index in [1.54, 1.807) is 38.1 Å². The topological polar surface area (TPSA) is 27.7 Å². The Morgan fingerprint density at radius 2 is 1.49 bits per heavy atom. The number of benzene rings is 3. The van der Waals surface area contributed by atoms with Crippen LogP contribution in [0.3, 0.4) is 0 Å². The minimum absolute atomic E-state index is 0. The summed E-state index contributed by atoms with van der Waals surface area (Å²) >= 11 is 0. The van der Waals surface area contributed by atoms with E-state index in [4.69, 9.17) is 14.2 Å². The van der Waals surface area contributed by atoms with Crippen molar-refractivity contribution in [3.63, 3.8) is 0 Å². The third-order valence-corrected chi connectivity index (χ3v) is 8.64. The fraction of sp³-hybridized carbons (Fsp3) is 0.471. The van der Waals surface area contributed by atoms with E-state index < -0.39 is 11.6 Å². The normalized spacial score (nSPS) is 20.8. The maximum Gasteiger partial charge on any atom is 0.204 e. The molecule has 0 radical (unpaired) electrons. The van der Waals surface area contributed by atoms with Gasteiger partial charge in [-0.05, 0) is 74.6 Å². The lowest BCUT2D eigenvalue weighted by Gasteiger charge is -2.26. The van der Waals surface area contributed by atoms with Gasteiger partial charge in [-0.15, -0.1) is 0 Å². The van der Waals surface area contributed by atoms with Crippen molar-refractivity contribution in [1.82, 2.24) is 0 Å². The van der Waals surface area contributed by atoms with Gasteiger partial charge < -0.3 is 14.2 Å². The molecule has 222 valence electrons. The van der Waals surface area contributed by atoms with Crippen molar-refractivity contribution in [3.8, 4) is 28.4 Å². The summed E-state index contributed by atoms with van der Waals surface area (Å²) in [5.41, 5.74) is 3.67. The Labute approximate surface area is 241 Å². The van der Waals surface area contributed by atoms with Crippen LogP contribution in [-0.2, 0) is 13.0 Å². The van der Waals surface area contributed by atoms with Gasteiger partial charge in [0.2, 0.25) is 11.6 Å². The molecule has 0 amide bonds. The summed E-state index contributed by atoms with van der Waals surface area (Å²) in [5.74, 6) is -0.657. The number of fused-ring (bicyclic) bond motifs is 4. The van der Waals surface area contributed by atoms with E-state index >= 15 is 0 Å². The van der Waals surface area contributed by atoms with Crippen LogP contribution in [0.4, 0.5) is 17.6 Å². The van der Waals surface area contributed by atoms with Crippen molar-refractivity contribution in [2.75, 3.05) is 6.61 Å². The fourth-order valence-electron chi connectivity index (χ4n) is 5.91. The van der Waals surface area contributed by atoms with Gasteiger partial charge in [0, 0.05) is 18.1 Å². The van der Waals surface area contributed by atoms with Crippen LogP contribution in [-0.4, -0.2) is 12.7 Å². The van der Waals surface area contributed by atoms with Crippen molar-refractivity contribution in [2.24, 2.45) is 11.8 Å². The zero-order valence-electron chi connectivity index (χ0n) is 24.2. The smallest absolute Gasteiger partial charge is 0.204 e. The van der Waals surface area contributed by atoms with Gasteiger partial charge in [0.15, 0.2) is 23.1 Å². The average molecular weight is 573 g/mol. The molecule has 0 aromatic heterocycles. The highest BCUT2D eigenvalue weighted by Gasteiger charge is 2.27. The maximum absolute atomic E-state index is 14.2. The van der Waals surface area contributed by atoms with Crippen LogP contribution < -0.4 is 14.2 Å². The highest BCUT2D eigenvalue weighted by molar-refractivity contribution is 5.76. The van der Waals surface area contributed by atoms with Crippen LogP contribution in [0.5, 0.6) is 17.2 Å². The van der Waals surface area contributed by atoms with Gasteiger partial charge in [-0.3, -0.25) is 0 Å². The maximum atomic E-state index is 14.2. The first-order chi connectivity index (χ1) is 19.6. The second-order valence-electron chi connectivity index (χ2n) is 11.8. The summed E-state index contributed by atoms with van der Waals surface area (Å²) in [5, 5.41) is 0. The molecule has 0 bridgehead atoms. The minimum Gasteiger partial charge on any atom is -0.490 e. The molecular weight excluding hydrogens is 532 g/mol. The largest absolute Gasteiger partial charge is 0.490 e. The molecule has 0 spiro atoms. The molecule has 2 heterocycles. The molecule has 1 aliphatic carbocycles. The van der Waals surface area contributed by atoms with Crippen molar-refractivity contribution in [2.45, 2.75) is 85.4 Å². The number of halogens is 4. The third kappa shape index (κ3) is 6.19. The van der Waals surface area contributed by atoms with Crippen LogP contribution in [0.25, 0.3) is 11.1 Å². The van der Waals surface area contributed by atoms with Crippen molar-refractivity contribution in [3.05, 3.63) is 75.9 Å². The van der Waals surface area contributed by atoms with Gasteiger partial charge in [0.05, 0.1) is 12.7 Å². The predicted molar refractivity (Wildman–Crippen MR) is 154 cm³/mol. The summed E-state index contributed by atoms with van der Waals surface area (Å²) in [4.78, 5) is 0. The molecule has 41 heavy (non-hydrogen) atoms. The second-order valence-corrected chi connectivity index (χ2v) is 11.8. The van der Waals surface area contributed by atoms with Crippen LogP contribution in [0, 0.1) is 49.0 Å². The van der Waals surface area contributed by atoms with Gasteiger partial charge in [0.25, 0.3) is 0 Å². The molecule has 2 aliphatic heterocycles. The van der Waals surface area contributed by atoms with Crippen molar-refractivity contribution < 1.29 is 33.2 Å². The monoisotopic (exact) mass is 572 g/mol. The Bertz CT molecular complexity index is 1360. The van der Waals surface area contributed by atoms with Gasteiger partial charge in [-0.2, -0.15) is 8.78 Å². The van der Waals surface area contributed by atoms with Gasteiger partial charge in [-0.25, -0.2) is 8.78 Å². The third-order valence-electron chi connectivity index (χ3n) is 8.64. The molecule has 3 aliphatic rings. The first-order valence-corrected chi connectivity index (χ1v) is 14.6. The van der Waals surface area contributed by atoms with Gasteiger partial charge in [-0.1, -0.05) is 56.9 Å². The van der Waals surface area contributed by atoms with E-state index in [-0.39, 0.29) is 43.0 Å². The molecule has 1 atom stereocenters. The number of ether oxygens (including phenoxy) is 3. The Kier molecular flexibility index (Phi) is 8.81. The summed E-state index contributed by atoms with van der Waals surface area (Å²) < 4.78 is 72.6. The number of hydrogen-bond acceptors (Lipinski definition) is 3. The molecule has 6 rings (SSSR count). The van der Waals surface area contributed by atoms with Crippen molar-refractivity contribution >= 4 is 0 Å². The Morgan fingerprint density at radius 3 is 2.22 bits per heavy atom. The molecule has 1 unspecified atom stereocenters. The molecular formula is C34H40F4O3. The van der Waals surface area contributed by atoms with E-state index in [0.29, 0.717) is 46.8 Å². The number of aryl methyl sites for hydroxylation is 3. The Balaban J connectivity index is 0.000000193. The Morgan fingerprint density at radius 1 is 0.805 bits per heavy atom. The molecule has 0 saturated heterocycles. The lowest BCUT2D eigenvalue weighted by atomic mass is 9.82. The minimum atomic E-state index is -0.921. The van der Waals surface area contributed by atoms with Crippen LogP contribution in [0.1, 0.15) is 76.1 Å². The fourth-order valence-corrected chi connectivity index (χ4v) is 5.91. The predicted octanol–water partition coefficient (Wildman–Crippen LogP) is 9.66. The van der Waals surface area contributed by atoms with E-state index in [2.05, 4.69) is 6.92 Å². The molecule has 3 aromatic rings. The lowest BCUT2D eigenvalue weighted by molar-refractivity contribution is 0.177. The molecule has 7 heteroatoms. The SMILES string of the molecule is CC1CCC(CCOc2cc3c(c(F)c2F)OC(C)CC3)CC1.Cc1ccc2c(c1F)COc1c-2ccc(C)c1F.[HH]. The van der Waals surface area contributed by atoms with E-state index in [0.717, 1.165) is 24.3 Å². The second kappa shape index (κ2) is 12.3. The quantitative estimate of drug-likeness (QED) is 0.291. The van der Waals surface area contributed by atoms with Gasteiger partial charge in [0.1, 0.15) is 12.4 Å². The first kappa shape index (κ1) is 29.3. The zero-order chi connectivity index (χ0) is 29.3. The van der Waals surface area contributed by atoms with Crippen LogP contribution >= 0.6 is 0 Å². The van der Waals surface area contributed by atoms with Crippen LogP contribution in [0.2, 0.25) is 0 Å². The summed E-state index contributed by atoms with van der Waals surface area (Å²) in [7, 11) is 0. The van der Waals surface area contributed by atoms with E-state index in [1.807, 2.05) is 13.0 Å². The molecule has 3 aromatic carbocycles. The van der Waals surface area contributed by atoms with Crippen molar-refractivity contribution in [1.29, 1.82) is 0 Å². The Hall–Kier alpha value is -3.22.